The maximum absolute atomic E-state index is 12.2. The van der Waals surface area contributed by atoms with Crippen LogP contribution in [0.4, 0.5) is 5.82 Å². The summed E-state index contributed by atoms with van der Waals surface area (Å²) in [6.45, 7) is 0.652. The standard InChI is InChI=1S/C15H12BrN3OS/c16-12-4-1-3-11(9-12)15(20)18-14-6-7-17-19(14)10-13-5-2-8-21-13/h1-9H,10H2,(H,18,20). The first kappa shape index (κ1) is 14.0. The van der Waals surface area contributed by atoms with Crippen LogP contribution >= 0.6 is 27.3 Å². The Balaban J connectivity index is 1.76. The van der Waals surface area contributed by atoms with Crippen molar-refractivity contribution in [3.8, 4) is 0 Å². The van der Waals surface area contributed by atoms with Crippen LogP contribution in [0.15, 0.2) is 58.5 Å². The summed E-state index contributed by atoms with van der Waals surface area (Å²) in [6.07, 6.45) is 1.68. The lowest BCUT2D eigenvalue weighted by atomic mass is 10.2. The van der Waals surface area contributed by atoms with Crippen LogP contribution < -0.4 is 5.32 Å². The molecule has 0 aliphatic rings. The van der Waals surface area contributed by atoms with Crippen LogP contribution in [0.1, 0.15) is 15.2 Å². The average molecular weight is 362 g/mol. The fraction of sp³-hybridized carbons (Fsp3) is 0.0667. The lowest BCUT2D eigenvalue weighted by Gasteiger charge is -2.08. The van der Waals surface area contributed by atoms with Crippen molar-refractivity contribution < 1.29 is 4.79 Å². The van der Waals surface area contributed by atoms with Crippen molar-refractivity contribution in [1.29, 1.82) is 0 Å². The summed E-state index contributed by atoms with van der Waals surface area (Å²) in [5.41, 5.74) is 0.605. The number of rotatable bonds is 4. The summed E-state index contributed by atoms with van der Waals surface area (Å²) in [5.74, 6) is 0.539. The van der Waals surface area contributed by atoms with E-state index >= 15 is 0 Å². The number of benzene rings is 1. The molecule has 21 heavy (non-hydrogen) atoms. The smallest absolute Gasteiger partial charge is 0.256 e. The van der Waals surface area contributed by atoms with Gasteiger partial charge in [-0.25, -0.2) is 4.68 Å². The van der Waals surface area contributed by atoms with E-state index in [1.54, 1.807) is 40.4 Å². The van der Waals surface area contributed by atoms with Crippen LogP contribution in [0, 0.1) is 0 Å². The highest BCUT2D eigenvalue weighted by Crippen LogP contribution is 2.16. The van der Waals surface area contributed by atoms with Crippen molar-refractivity contribution in [2.75, 3.05) is 5.32 Å². The minimum Gasteiger partial charge on any atom is -0.307 e. The molecular weight excluding hydrogens is 350 g/mol. The molecular formula is C15H12BrN3OS. The SMILES string of the molecule is O=C(Nc1ccnn1Cc1cccs1)c1cccc(Br)c1. The van der Waals surface area contributed by atoms with Gasteiger partial charge in [-0.15, -0.1) is 11.3 Å². The van der Waals surface area contributed by atoms with Gasteiger partial charge in [0.15, 0.2) is 0 Å². The van der Waals surface area contributed by atoms with E-state index in [1.165, 1.54) is 4.88 Å². The zero-order chi connectivity index (χ0) is 14.7. The minimum atomic E-state index is -0.149. The summed E-state index contributed by atoms with van der Waals surface area (Å²) >= 11 is 5.03. The molecule has 0 aliphatic carbocycles. The van der Waals surface area contributed by atoms with Gasteiger partial charge in [0.1, 0.15) is 5.82 Å². The number of thiophene rings is 1. The summed E-state index contributed by atoms with van der Waals surface area (Å²) in [5, 5.41) is 9.17. The van der Waals surface area contributed by atoms with Gasteiger partial charge in [-0.1, -0.05) is 28.1 Å². The number of carbonyl (C=O) groups excluding carboxylic acids is 1. The quantitative estimate of drug-likeness (QED) is 0.762. The van der Waals surface area contributed by atoms with Gasteiger partial charge >= 0.3 is 0 Å². The Morgan fingerprint density at radius 2 is 2.19 bits per heavy atom. The summed E-state index contributed by atoms with van der Waals surface area (Å²) in [6, 6.07) is 13.1. The molecule has 6 heteroatoms. The van der Waals surface area contributed by atoms with Gasteiger partial charge in [0, 0.05) is 21.0 Å². The van der Waals surface area contributed by atoms with E-state index in [1.807, 2.05) is 29.6 Å². The largest absolute Gasteiger partial charge is 0.307 e. The van der Waals surface area contributed by atoms with Gasteiger partial charge in [0.05, 0.1) is 12.7 Å². The molecule has 0 saturated carbocycles. The highest BCUT2D eigenvalue weighted by molar-refractivity contribution is 9.10. The van der Waals surface area contributed by atoms with Crippen LogP contribution in [0.25, 0.3) is 0 Å². The van der Waals surface area contributed by atoms with Crippen LogP contribution in [0.2, 0.25) is 0 Å². The fourth-order valence-electron chi connectivity index (χ4n) is 1.93. The van der Waals surface area contributed by atoms with Gasteiger partial charge in [0.2, 0.25) is 0 Å². The number of nitrogens with one attached hydrogen (secondary N) is 1. The molecule has 2 heterocycles. The maximum Gasteiger partial charge on any atom is 0.256 e. The number of aromatic nitrogens is 2. The number of carbonyl (C=O) groups is 1. The van der Waals surface area contributed by atoms with Gasteiger partial charge < -0.3 is 5.32 Å². The van der Waals surface area contributed by atoms with Crippen molar-refractivity contribution in [1.82, 2.24) is 9.78 Å². The molecule has 1 aromatic carbocycles. The van der Waals surface area contributed by atoms with E-state index in [0.717, 1.165) is 4.47 Å². The van der Waals surface area contributed by atoms with Gasteiger partial charge in [0.25, 0.3) is 5.91 Å². The second-order valence-corrected chi connectivity index (χ2v) is 6.37. The first-order valence-electron chi connectivity index (χ1n) is 6.33. The average Bonchev–Trinajstić information content (AvgIpc) is 3.12. The maximum atomic E-state index is 12.2. The number of amides is 1. The van der Waals surface area contributed by atoms with Crippen molar-refractivity contribution in [3.63, 3.8) is 0 Å². The predicted octanol–water partition coefficient (Wildman–Crippen LogP) is 4.01. The molecule has 0 atom stereocenters. The number of hydrogen-bond donors (Lipinski definition) is 1. The number of anilines is 1. The number of nitrogens with zero attached hydrogens (tertiary/aromatic N) is 2. The van der Waals surface area contributed by atoms with Crippen LogP contribution in [0.5, 0.6) is 0 Å². The Bertz CT molecular complexity index is 752. The van der Waals surface area contributed by atoms with Crippen molar-refractivity contribution >= 4 is 39.0 Å². The summed E-state index contributed by atoms with van der Waals surface area (Å²) in [4.78, 5) is 13.4. The second kappa shape index (κ2) is 6.24. The molecule has 2 aromatic heterocycles. The highest BCUT2D eigenvalue weighted by Gasteiger charge is 2.10. The fourth-order valence-corrected chi connectivity index (χ4v) is 3.02. The monoisotopic (exact) mass is 361 g/mol. The Kier molecular flexibility index (Phi) is 4.17. The van der Waals surface area contributed by atoms with Crippen LogP contribution in [-0.2, 0) is 6.54 Å². The van der Waals surface area contributed by atoms with Crippen molar-refractivity contribution in [3.05, 3.63) is 69.0 Å². The molecule has 0 aliphatic heterocycles. The molecule has 0 radical (unpaired) electrons. The third kappa shape index (κ3) is 3.40. The third-order valence-electron chi connectivity index (χ3n) is 2.93. The van der Waals surface area contributed by atoms with E-state index in [2.05, 4.69) is 26.3 Å². The normalized spacial score (nSPS) is 10.5. The lowest BCUT2D eigenvalue weighted by molar-refractivity contribution is 0.102. The molecule has 1 amide bonds. The van der Waals surface area contributed by atoms with Crippen LogP contribution in [0.3, 0.4) is 0 Å². The van der Waals surface area contributed by atoms with Crippen molar-refractivity contribution in [2.45, 2.75) is 6.54 Å². The third-order valence-corrected chi connectivity index (χ3v) is 4.29. The highest BCUT2D eigenvalue weighted by atomic mass is 79.9. The second-order valence-electron chi connectivity index (χ2n) is 4.42. The van der Waals surface area contributed by atoms with Crippen molar-refractivity contribution in [2.24, 2.45) is 0 Å². The molecule has 1 N–H and O–H groups in total. The van der Waals surface area contributed by atoms with Gasteiger partial charge in [-0.2, -0.15) is 5.10 Å². The zero-order valence-electron chi connectivity index (χ0n) is 11.0. The molecule has 3 aromatic rings. The molecule has 0 unspecified atom stereocenters. The number of halogens is 1. The first-order chi connectivity index (χ1) is 10.2. The van der Waals surface area contributed by atoms with Gasteiger partial charge in [-0.3, -0.25) is 4.79 Å². The molecule has 3 rings (SSSR count). The Labute approximate surface area is 134 Å². The Morgan fingerprint density at radius 1 is 1.29 bits per heavy atom. The molecule has 106 valence electrons. The predicted molar refractivity (Wildman–Crippen MR) is 87.7 cm³/mol. The minimum absolute atomic E-state index is 0.149. The summed E-state index contributed by atoms with van der Waals surface area (Å²) in [7, 11) is 0. The molecule has 0 bridgehead atoms. The molecule has 0 saturated heterocycles. The van der Waals surface area contributed by atoms with E-state index in [4.69, 9.17) is 0 Å². The molecule has 0 spiro atoms. The lowest BCUT2D eigenvalue weighted by Crippen LogP contribution is -2.16. The summed E-state index contributed by atoms with van der Waals surface area (Å²) < 4.78 is 2.66. The topological polar surface area (TPSA) is 46.9 Å². The molecule has 4 nitrogen and oxygen atoms in total. The van der Waals surface area contributed by atoms with Crippen LogP contribution in [-0.4, -0.2) is 15.7 Å². The number of hydrogen-bond acceptors (Lipinski definition) is 3. The Hall–Kier alpha value is -1.92. The van der Waals surface area contributed by atoms with E-state index in [0.29, 0.717) is 17.9 Å². The van der Waals surface area contributed by atoms with E-state index in [9.17, 15) is 4.79 Å². The first-order valence-corrected chi connectivity index (χ1v) is 8.01. The zero-order valence-corrected chi connectivity index (χ0v) is 13.4. The van der Waals surface area contributed by atoms with E-state index < -0.39 is 0 Å². The van der Waals surface area contributed by atoms with Gasteiger partial charge in [-0.05, 0) is 29.6 Å². The molecule has 0 fully saturated rings. The van der Waals surface area contributed by atoms with E-state index in [-0.39, 0.29) is 5.91 Å². The Morgan fingerprint density at radius 3 is 2.95 bits per heavy atom.